The van der Waals surface area contributed by atoms with E-state index in [9.17, 15) is 9.59 Å². The van der Waals surface area contributed by atoms with E-state index in [0.29, 0.717) is 5.65 Å². The lowest BCUT2D eigenvalue weighted by atomic mass is 10.2. The SMILES string of the molecule is O=C(NCc1cn2cc(CNCc3ccccc3)ccc2n1)c1cc(=O)n2ccccc2n1. The summed E-state index contributed by atoms with van der Waals surface area (Å²) < 4.78 is 3.34. The Morgan fingerprint density at radius 2 is 1.64 bits per heavy atom. The molecule has 164 valence electrons. The maximum atomic E-state index is 12.6. The average molecular weight is 438 g/mol. The number of hydrogen-bond donors (Lipinski definition) is 2. The maximum Gasteiger partial charge on any atom is 0.270 e. The molecular weight excluding hydrogens is 416 g/mol. The van der Waals surface area contributed by atoms with Gasteiger partial charge in [0.05, 0.1) is 12.2 Å². The van der Waals surface area contributed by atoms with Crippen molar-refractivity contribution in [1.29, 1.82) is 0 Å². The standard InChI is InChI=1S/C25H22N6O2/c32-24-12-21(29-23-8-4-5-11-31(23)24)25(33)27-15-20-17-30-16-19(9-10-22(30)28-20)14-26-13-18-6-2-1-3-7-18/h1-12,16-17,26H,13-15H2,(H,27,33). The van der Waals surface area contributed by atoms with Crippen molar-refractivity contribution >= 4 is 17.2 Å². The predicted octanol–water partition coefficient (Wildman–Crippen LogP) is 2.56. The fourth-order valence-electron chi connectivity index (χ4n) is 3.66. The number of fused-ring (bicyclic) bond motifs is 2. The Balaban J connectivity index is 1.23. The second-order valence-electron chi connectivity index (χ2n) is 7.72. The highest BCUT2D eigenvalue weighted by molar-refractivity contribution is 5.92. The Morgan fingerprint density at radius 1 is 0.818 bits per heavy atom. The van der Waals surface area contributed by atoms with Crippen molar-refractivity contribution in [1.82, 2.24) is 29.4 Å². The summed E-state index contributed by atoms with van der Waals surface area (Å²) in [4.78, 5) is 33.6. The smallest absolute Gasteiger partial charge is 0.270 e. The molecule has 0 radical (unpaired) electrons. The number of imidazole rings is 1. The van der Waals surface area contributed by atoms with Crippen molar-refractivity contribution in [2.45, 2.75) is 19.6 Å². The summed E-state index contributed by atoms with van der Waals surface area (Å²) in [5, 5.41) is 6.24. The van der Waals surface area contributed by atoms with E-state index in [4.69, 9.17) is 0 Å². The Bertz CT molecular complexity index is 1490. The van der Waals surface area contributed by atoms with Crippen molar-refractivity contribution in [3.8, 4) is 0 Å². The van der Waals surface area contributed by atoms with Crippen molar-refractivity contribution < 1.29 is 4.79 Å². The van der Waals surface area contributed by atoms with Gasteiger partial charge in [-0.3, -0.25) is 14.0 Å². The summed E-state index contributed by atoms with van der Waals surface area (Å²) in [5.74, 6) is -0.415. The van der Waals surface area contributed by atoms with Crippen LogP contribution in [0.1, 0.15) is 27.3 Å². The third-order valence-electron chi connectivity index (χ3n) is 5.30. The highest BCUT2D eigenvalue weighted by atomic mass is 16.2. The fourth-order valence-corrected chi connectivity index (χ4v) is 3.66. The normalized spacial score (nSPS) is 11.2. The van der Waals surface area contributed by atoms with Crippen molar-refractivity contribution in [3.63, 3.8) is 0 Å². The molecule has 0 fully saturated rings. The molecule has 2 N–H and O–H groups in total. The number of nitrogens with one attached hydrogen (secondary N) is 2. The van der Waals surface area contributed by atoms with E-state index in [2.05, 4.69) is 32.7 Å². The lowest BCUT2D eigenvalue weighted by Crippen LogP contribution is -2.27. The minimum absolute atomic E-state index is 0.0849. The van der Waals surface area contributed by atoms with Crippen LogP contribution in [0.4, 0.5) is 0 Å². The van der Waals surface area contributed by atoms with Gasteiger partial charge in [0.25, 0.3) is 11.5 Å². The monoisotopic (exact) mass is 438 g/mol. The van der Waals surface area contributed by atoms with Gasteiger partial charge in [0.1, 0.15) is 17.0 Å². The van der Waals surface area contributed by atoms with Crippen LogP contribution in [-0.2, 0) is 19.6 Å². The van der Waals surface area contributed by atoms with Crippen LogP contribution >= 0.6 is 0 Å². The fraction of sp³-hybridized carbons (Fsp3) is 0.120. The Kier molecular flexibility index (Phi) is 5.65. The zero-order chi connectivity index (χ0) is 22.6. The minimum atomic E-state index is -0.415. The number of pyridine rings is 2. The number of rotatable bonds is 7. The molecule has 0 bridgehead atoms. The Labute approximate surface area is 189 Å². The van der Waals surface area contributed by atoms with Gasteiger partial charge in [0.15, 0.2) is 0 Å². The Morgan fingerprint density at radius 3 is 2.52 bits per heavy atom. The molecule has 0 aliphatic rings. The summed E-state index contributed by atoms with van der Waals surface area (Å²) in [6.07, 6.45) is 5.53. The van der Waals surface area contributed by atoms with Crippen LogP contribution in [0.2, 0.25) is 0 Å². The molecule has 5 rings (SSSR count). The molecule has 8 nitrogen and oxygen atoms in total. The number of carbonyl (C=O) groups excluding carboxylic acids is 1. The molecule has 0 aliphatic carbocycles. The van der Waals surface area contributed by atoms with Crippen LogP contribution in [0.15, 0.2) is 90.1 Å². The van der Waals surface area contributed by atoms with Gasteiger partial charge >= 0.3 is 0 Å². The van der Waals surface area contributed by atoms with Gasteiger partial charge in [-0.1, -0.05) is 42.5 Å². The zero-order valence-electron chi connectivity index (χ0n) is 17.8. The molecule has 33 heavy (non-hydrogen) atoms. The first-order valence-corrected chi connectivity index (χ1v) is 10.6. The first-order valence-electron chi connectivity index (χ1n) is 10.6. The summed E-state index contributed by atoms with van der Waals surface area (Å²) >= 11 is 0. The third kappa shape index (κ3) is 4.65. The van der Waals surface area contributed by atoms with Crippen molar-refractivity contribution in [2.75, 3.05) is 0 Å². The van der Waals surface area contributed by atoms with Gasteiger partial charge in [0.2, 0.25) is 0 Å². The quantitative estimate of drug-likeness (QED) is 0.407. The molecule has 4 aromatic heterocycles. The molecule has 0 aliphatic heterocycles. The first-order chi connectivity index (χ1) is 16.2. The Hall–Kier alpha value is -4.30. The van der Waals surface area contributed by atoms with Crippen LogP contribution in [0.3, 0.4) is 0 Å². The maximum absolute atomic E-state index is 12.6. The average Bonchev–Trinajstić information content (AvgIpc) is 3.25. The van der Waals surface area contributed by atoms with Crippen LogP contribution in [0.5, 0.6) is 0 Å². The third-order valence-corrected chi connectivity index (χ3v) is 5.30. The number of aromatic nitrogens is 4. The van der Waals surface area contributed by atoms with E-state index in [1.54, 1.807) is 24.4 Å². The second kappa shape index (κ2) is 9.05. The highest BCUT2D eigenvalue weighted by Gasteiger charge is 2.11. The van der Waals surface area contributed by atoms with E-state index < -0.39 is 5.91 Å². The lowest BCUT2D eigenvalue weighted by Gasteiger charge is -2.05. The van der Waals surface area contributed by atoms with Crippen molar-refractivity contribution in [2.24, 2.45) is 0 Å². The largest absolute Gasteiger partial charge is 0.345 e. The van der Waals surface area contributed by atoms with Crippen LogP contribution < -0.4 is 16.2 Å². The van der Waals surface area contributed by atoms with Crippen LogP contribution in [0.25, 0.3) is 11.3 Å². The summed E-state index contributed by atoms with van der Waals surface area (Å²) in [6, 6.07) is 20.7. The van der Waals surface area contributed by atoms with E-state index in [0.717, 1.165) is 30.0 Å². The van der Waals surface area contributed by atoms with E-state index in [1.165, 1.54) is 16.0 Å². The molecule has 1 aromatic carbocycles. The van der Waals surface area contributed by atoms with Gasteiger partial charge in [0, 0.05) is 37.7 Å². The van der Waals surface area contributed by atoms with Gasteiger partial charge in [-0.15, -0.1) is 0 Å². The van der Waals surface area contributed by atoms with Crippen molar-refractivity contribution in [3.05, 3.63) is 118 Å². The van der Waals surface area contributed by atoms with E-state index in [1.807, 2.05) is 47.1 Å². The van der Waals surface area contributed by atoms with Gasteiger partial charge in [-0.2, -0.15) is 0 Å². The lowest BCUT2D eigenvalue weighted by molar-refractivity contribution is 0.0945. The topological polar surface area (TPSA) is 92.8 Å². The van der Waals surface area contributed by atoms with Crippen LogP contribution in [-0.4, -0.2) is 24.7 Å². The number of amides is 1. The first kappa shape index (κ1) is 20.6. The molecule has 4 heterocycles. The number of carbonyl (C=O) groups is 1. The number of nitrogens with zero attached hydrogens (tertiary/aromatic N) is 4. The number of hydrogen-bond acceptors (Lipinski definition) is 5. The summed E-state index contributed by atoms with van der Waals surface area (Å²) in [5.41, 5.74) is 4.10. The molecule has 0 atom stereocenters. The molecule has 0 saturated carbocycles. The zero-order valence-corrected chi connectivity index (χ0v) is 17.8. The molecule has 8 heteroatoms. The second-order valence-corrected chi connectivity index (χ2v) is 7.72. The molecule has 1 amide bonds. The molecular formula is C25H22N6O2. The van der Waals surface area contributed by atoms with E-state index >= 15 is 0 Å². The highest BCUT2D eigenvalue weighted by Crippen LogP contribution is 2.09. The molecule has 0 spiro atoms. The summed E-state index contributed by atoms with van der Waals surface area (Å²) in [6.45, 7) is 1.77. The van der Waals surface area contributed by atoms with Gasteiger partial charge < -0.3 is 15.0 Å². The van der Waals surface area contributed by atoms with Gasteiger partial charge in [-0.25, -0.2) is 9.97 Å². The predicted molar refractivity (Wildman–Crippen MR) is 125 cm³/mol. The van der Waals surface area contributed by atoms with E-state index in [-0.39, 0.29) is 17.8 Å². The van der Waals surface area contributed by atoms with Gasteiger partial charge in [-0.05, 0) is 29.3 Å². The van der Waals surface area contributed by atoms with Crippen LogP contribution in [0, 0.1) is 0 Å². The molecule has 0 unspecified atom stereocenters. The summed E-state index contributed by atoms with van der Waals surface area (Å²) in [7, 11) is 0. The molecule has 5 aromatic rings. The molecule has 0 saturated heterocycles. The number of benzene rings is 1. The minimum Gasteiger partial charge on any atom is -0.345 e.